The molecular formula is C27H30O14. The van der Waals surface area contributed by atoms with Gasteiger partial charge in [0, 0.05) is 0 Å². The third-order valence-corrected chi connectivity index (χ3v) is 7.41. The summed E-state index contributed by atoms with van der Waals surface area (Å²) in [6.45, 7) is -1.27. The summed E-state index contributed by atoms with van der Waals surface area (Å²) in [6, 6.07) is 8.31. The Morgan fingerprint density at radius 1 is 0.756 bits per heavy atom. The van der Waals surface area contributed by atoms with E-state index in [4.69, 9.17) is 18.6 Å². The van der Waals surface area contributed by atoms with Crippen molar-refractivity contribution in [3.05, 3.63) is 58.4 Å². The number of hydrogen-bond acceptors (Lipinski definition) is 14. The number of rotatable bonds is 6. The molecule has 5 rings (SSSR count). The lowest BCUT2D eigenvalue weighted by atomic mass is 9.89. The van der Waals surface area contributed by atoms with Crippen LogP contribution in [0, 0.1) is 0 Å². The summed E-state index contributed by atoms with van der Waals surface area (Å²) in [6.07, 6.45) is -15.0. The van der Waals surface area contributed by atoms with Crippen LogP contribution in [0.2, 0.25) is 0 Å². The van der Waals surface area contributed by atoms with Crippen LogP contribution in [0.25, 0.3) is 22.1 Å². The van der Waals surface area contributed by atoms with Crippen LogP contribution in [0.5, 0.6) is 11.5 Å². The van der Waals surface area contributed by atoms with Crippen LogP contribution in [0.4, 0.5) is 0 Å². The van der Waals surface area contributed by atoms with Gasteiger partial charge in [0.25, 0.3) is 0 Å². The molecule has 14 nitrogen and oxygen atoms in total. The predicted octanol–water partition coefficient (Wildman–Crippen LogP) is -1.79. The molecule has 10 atom stereocenters. The average Bonchev–Trinajstić information content (AvgIpc) is 2.96. The number of aliphatic hydroxyl groups is 7. The zero-order valence-electron chi connectivity index (χ0n) is 21.3. The molecule has 41 heavy (non-hydrogen) atoms. The van der Waals surface area contributed by atoms with Crippen LogP contribution in [-0.2, 0) is 14.2 Å². The van der Waals surface area contributed by atoms with Crippen molar-refractivity contribution in [2.45, 2.75) is 61.2 Å². The fourth-order valence-corrected chi connectivity index (χ4v) is 5.05. The molecular weight excluding hydrogens is 548 g/mol. The lowest BCUT2D eigenvalue weighted by Crippen LogP contribution is -2.60. The van der Waals surface area contributed by atoms with Crippen LogP contribution in [0.3, 0.4) is 0 Å². The molecule has 2 fully saturated rings. The minimum Gasteiger partial charge on any atom is -0.508 e. The van der Waals surface area contributed by atoms with Gasteiger partial charge in [0.1, 0.15) is 78.3 Å². The van der Waals surface area contributed by atoms with E-state index < -0.39 is 85.6 Å². The van der Waals surface area contributed by atoms with Gasteiger partial charge in [-0.25, -0.2) is 0 Å². The van der Waals surface area contributed by atoms with E-state index in [1.54, 1.807) is 0 Å². The summed E-state index contributed by atoms with van der Waals surface area (Å²) in [7, 11) is 0. The molecule has 0 spiro atoms. The fraction of sp³-hybridized carbons (Fsp3) is 0.444. The van der Waals surface area contributed by atoms with Gasteiger partial charge in [-0.1, -0.05) is 12.1 Å². The summed E-state index contributed by atoms with van der Waals surface area (Å²) in [4.78, 5) is 13.3. The van der Waals surface area contributed by atoms with E-state index in [0.29, 0.717) is 5.56 Å². The molecule has 0 unspecified atom stereocenters. The van der Waals surface area contributed by atoms with Gasteiger partial charge in [0.15, 0.2) is 6.29 Å². The van der Waals surface area contributed by atoms with Gasteiger partial charge in [-0.3, -0.25) is 4.79 Å². The molecule has 0 aliphatic carbocycles. The number of aliphatic hydroxyl groups excluding tert-OH is 7. The molecule has 9 N–H and O–H groups in total. The number of benzene rings is 2. The summed E-state index contributed by atoms with van der Waals surface area (Å²) in [5, 5.41) is 91.8. The first-order valence-corrected chi connectivity index (χ1v) is 12.7. The molecule has 2 aromatic carbocycles. The molecule has 1 aromatic heterocycles. The Hall–Kier alpha value is -3.15. The number of phenolic OH excluding ortho intramolecular Hbond substituents is 2. The van der Waals surface area contributed by atoms with Gasteiger partial charge in [0.2, 0.25) is 5.43 Å². The maximum Gasteiger partial charge on any atom is 0.200 e. The van der Waals surface area contributed by atoms with E-state index in [9.17, 15) is 50.8 Å². The first kappa shape index (κ1) is 29.3. The maximum absolute atomic E-state index is 13.3. The fourth-order valence-electron chi connectivity index (χ4n) is 5.05. The Kier molecular flexibility index (Phi) is 8.31. The Balaban J connectivity index is 1.44. The minimum absolute atomic E-state index is 0.000363. The van der Waals surface area contributed by atoms with Crippen molar-refractivity contribution in [3.63, 3.8) is 0 Å². The second kappa shape index (κ2) is 11.6. The van der Waals surface area contributed by atoms with Gasteiger partial charge < -0.3 is 64.6 Å². The Morgan fingerprint density at radius 3 is 2.10 bits per heavy atom. The van der Waals surface area contributed by atoms with Crippen LogP contribution < -0.4 is 5.43 Å². The summed E-state index contributed by atoms with van der Waals surface area (Å²) >= 11 is 0. The maximum atomic E-state index is 13.3. The zero-order valence-corrected chi connectivity index (χ0v) is 21.3. The number of aromatic hydroxyl groups is 2. The van der Waals surface area contributed by atoms with Gasteiger partial charge >= 0.3 is 0 Å². The lowest BCUT2D eigenvalue weighted by Gasteiger charge is -2.43. The third-order valence-electron chi connectivity index (χ3n) is 7.41. The van der Waals surface area contributed by atoms with Crippen molar-refractivity contribution < 1.29 is 64.6 Å². The molecule has 0 bridgehead atoms. The molecule has 3 heterocycles. The number of hydrogen-bond donors (Lipinski definition) is 9. The quantitative estimate of drug-likeness (QED) is 0.157. The third kappa shape index (κ3) is 5.30. The summed E-state index contributed by atoms with van der Waals surface area (Å²) in [5.41, 5.74) is -0.232. The Labute approximate surface area is 231 Å². The minimum atomic E-state index is -1.82. The molecule has 0 radical (unpaired) electrons. The standard InChI is InChI=1S/C27H30O14/c28-7-15-19(32)22(35)24(37)27(41-15)39-9-16-20(33)21(34)23(36)26(40-16)17-14(30)6-5-12-18(31)13(8-38-25(12)17)10-1-3-11(29)4-2-10/h1-6,8,15-16,19-24,26-30,32-37H,7,9H2/t15-,16-,19-,20-,21+,22+,23-,24-,26-,27+/m1/s1. The van der Waals surface area contributed by atoms with E-state index in [0.717, 1.165) is 6.26 Å². The van der Waals surface area contributed by atoms with E-state index in [1.165, 1.54) is 36.4 Å². The second-order valence-corrected chi connectivity index (χ2v) is 10.00. The highest BCUT2D eigenvalue weighted by molar-refractivity contribution is 5.86. The van der Waals surface area contributed by atoms with Gasteiger partial charge in [-0.2, -0.15) is 0 Å². The molecule has 222 valence electrons. The van der Waals surface area contributed by atoms with Crippen LogP contribution in [0.1, 0.15) is 11.7 Å². The molecule has 3 aromatic rings. The van der Waals surface area contributed by atoms with E-state index in [-0.39, 0.29) is 27.8 Å². The normalized spacial score (nSPS) is 34.1. The van der Waals surface area contributed by atoms with Gasteiger partial charge in [-0.15, -0.1) is 0 Å². The van der Waals surface area contributed by atoms with Crippen molar-refractivity contribution in [3.8, 4) is 22.6 Å². The Bertz CT molecular complexity index is 1420. The first-order chi connectivity index (χ1) is 19.5. The van der Waals surface area contributed by atoms with Crippen molar-refractivity contribution >= 4 is 11.0 Å². The van der Waals surface area contributed by atoms with Crippen LogP contribution >= 0.6 is 0 Å². The van der Waals surface area contributed by atoms with Crippen molar-refractivity contribution in [2.24, 2.45) is 0 Å². The highest BCUT2D eigenvalue weighted by Gasteiger charge is 2.48. The number of ether oxygens (including phenoxy) is 3. The zero-order chi connectivity index (χ0) is 29.6. The highest BCUT2D eigenvalue weighted by atomic mass is 16.7. The molecule has 2 aliphatic rings. The van der Waals surface area contributed by atoms with Gasteiger partial charge in [-0.05, 0) is 29.8 Å². The Morgan fingerprint density at radius 2 is 1.41 bits per heavy atom. The average molecular weight is 579 g/mol. The molecule has 0 saturated carbocycles. The number of phenols is 2. The monoisotopic (exact) mass is 578 g/mol. The molecule has 2 saturated heterocycles. The number of fused-ring (bicyclic) bond motifs is 1. The second-order valence-electron chi connectivity index (χ2n) is 10.00. The van der Waals surface area contributed by atoms with E-state index in [2.05, 4.69) is 0 Å². The largest absolute Gasteiger partial charge is 0.508 e. The highest BCUT2D eigenvalue weighted by Crippen LogP contribution is 2.41. The summed E-state index contributed by atoms with van der Waals surface area (Å²) in [5.74, 6) is -0.445. The molecule has 14 heteroatoms. The topological polar surface area (TPSA) is 240 Å². The van der Waals surface area contributed by atoms with E-state index >= 15 is 0 Å². The van der Waals surface area contributed by atoms with E-state index in [1.807, 2.05) is 0 Å². The smallest absolute Gasteiger partial charge is 0.200 e. The van der Waals surface area contributed by atoms with Crippen LogP contribution in [0.15, 0.2) is 51.9 Å². The SMILES string of the molecule is O=c1c(-c2ccc(O)cc2)coc2c([C@H]3O[C@H](CO[C@H]4O[C@H](CO)[C@@H](O)[C@H](O)[C@H]4O)[C@@H](O)[C@H](O)[C@H]3O)c(O)ccc12. The van der Waals surface area contributed by atoms with Crippen molar-refractivity contribution in [2.75, 3.05) is 13.2 Å². The van der Waals surface area contributed by atoms with Crippen LogP contribution in [-0.4, -0.2) is 114 Å². The molecule has 0 amide bonds. The van der Waals surface area contributed by atoms with Crippen molar-refractivity contribution in [1.29, 1.82) is 0 Å². The molecule has 2 aliphatic heterocycles. The summed E-state index contributed by atoms with van der Waals surface area (Å²) < 4.78 is 22.3. The lowest BCUT2D eigenvalue weighted by molar-refractivity contribution is -0.314. The first-order valence-electron chi connectivity index (χ1n) is 12.7. The van der Waals surface area contributed by atoms with Gasteiger partial charge in [0.05, 0.1) is 29.7 Å². The van der Waals surface area contributed by atoms with Crippen molar-refractivity contribution in [1.82, 2.24) is 0 Å². The predicted molar refractivity (Wildman–Crippen MR) is 137 cm³/mol.